The van der Waals surface area contributed by atoms with Crippen molar-refractivity contribution in [3.63, 3.8) is 0 Å². The lowest BCUT2D eigenvalue weighted by atomic mass is 9.85. The molecule has 2 aliphatic heterocycles. The molecule has 0 radical (unpaired) electrons. The van der Waals surface area contributed by atoms with Crippen LogP contribution in [0.15, 0.2) is 53.1 Å². The van der Waals surface area contributed by atoms with E-state index in [9.17, 15) is 15.2 Å². The number of allylic oxidation sites excluding steroid dienone is 1. The molecule has 7 nitrogen and oxygen atoms in total. The number of thioether (sulfide) groups is 1. The third kappa shape index (κ3) is 4.03. The molecule has 2 atom stereocenters. The molecule has 1 saturated heterocycles. The number of fused-ring (bicyclic) bond motifs is 1. The monoisotopic (exact) mass is 466 g/mol. The van der Waals surface area contributed by atoms with Crippen LogP contribution in [0, 0.1) is 11.3 Å². The van der Waals surface area contributed by atoms with Gasteiger partial charge in [-0.2, -0.15) is 5.26 Å². The predicted octanol–water partition coefficient (Wildman–Crippen LogP) is 4.14. The molecule has 4 rings (SSSR count). The molecule has 0 saturated carbocycles. The normalized spacial score (nSPS) is 22.1. The fourth-order valence-corrected chi connectivity index (χ4v) is 5.59. The highest BCUT2D eigenvalue weighted by molar-refractivity contribution is 8.03. The van der Waals surface area contributed by atoms with E-state index in [1.165, 1.54) is 16.7 Å². The lowest BCUT2D eigenvalue weighted by Gasteiger charge is -2.38. The van der Waals surface area contributed by atoms with Gasteiger partial charge in [0.25, 0.3) is 0 Å². The summed E-state index contributed by atoms with van der Waals surface area (Å²) in [7, 11) is 3.12. The summed E-state index contributed by atoms with van der Waals surface area (Å²) in [6.45, 7) is 2.59. The SMILES string of the molecule is CCCOc1ccc([C@H]2CC(=O)N3C(=C2C#N)SC[C@@]3(O)c2cccc(OC)c2)cc1OC. The van der Waals surface area contributed by atoms with Crippen LogP contribution < -0.4 is 14.2 Å². The first-order chi connectivity index (χ1) is 16.0. The molecule has 1 fully saturated rings. The number of benzene rings is 2. The summed E-state index contributed by atoms with van der Waals surface area (Å²) >= 11 is 1.32. The average molecular weight is 467 g/mol. The molecular weight excluding hydrogens is 440 g/mol. The zero-order chi connectivity index (χ0) is 23.6. The Morgan fingerprint density at radius 2 is 2.03 bits per heavy atom. The van der Waals surface area contributed by atoms with Gasteiger partial charge in [0.15, 0.2) is 17.2 Å². The lowest BCUT2D eigenvalue weighted by molar-refractivity contribution is -0.149. The molecule has 8 heteroatoms. The minimum atomic E-state index is -1.55. The van der Waals surface area contributed by atoms with E-state index >= 15 is 0 Å². The molecule has 0 bridgehead atoms. The van der Waals surface area contributed by atoms with E-state index in [-0.39, 0.29) is 18.1 Å². The molecular formula is C25H26N2O5S. The summed E-state index contributed by atoms with van der Waals surface area (Å²) in [5.41, 5.74) is 0.259. The fourth-order valence-electron chi connectivity index (χ4n) is 4.23. The highest BCUT2D eigenvalue weighted by atomic mass is 32.2. The third-order valence-electron chi connectivity index (χ3n) is 5.89. The van der Waals surface area contributed by atoms with Gasteiger partial charge in [0.05, 0.1) is 43.3 Å². The van der Waals surface area contributed by atoms with E-state index in [4.69, 9.17) is 14.2 Å². The van der Waals surface area contributed by atoms with Crippen molar-refractivity contribution in [2.45, 2.75) is 31.4 Å². The van der Waals surface area contributed by atoms with E-state index in [0.717, 1.165) is 12.0 Å². The molecule has 2 aromatic rings. The van der Waals surface area contributed by atoms with Gasteiger partial charge in [-0.15, -0.1) is 11.8 Å². The van der Waals surface area contributed by atoms with Crippen LogP contribution in [0.5, 0.6) is 17.2 Å². The topological polar surface area (TPSA) is 92.0 Å². The maximum atomic E-state index is 13.3. The number of nitriles is 1. The fraction of sp³-hybridized carbons (Fsp3) is 0.360. The van der Waals surface area contributed by atoms with E-state index in [2.05, 4.69) is 6.07 Å². The third-order valence-corrected chi connectivity index (χ3v) is 7.12. The number of methoxy groups -OCH3 is 2. The summed E-state index contributed by atoms with van der Waals surface area (Å²) in [6, 6.07) is 14.8. The predicted molar refractivity (Wildman–Crippen MR) is 125 cm³/mol. The van der Waals surface area contributed by atoms with E-state index in [1.807, 2.05) is 25.1 Å². The maximum Gasteiger partial charge on any atom is 0.231 e. The highest BCUT2D eigenvalue weighted by Crippen LogP contribution is 2.52. The number of amides is 1. The number of hydrogen-bond acceptors (Lipinski definition) is 7. The molecule has 2 heterocycles. The summed E-state index contributed by atoms with van der Waals surface area (Å²) in [5.74, 6) is 1.33. The number of ether oxygens (including phenoxy) is 3. The van der Waals surface area contributed by atoms with Gasteiger partial charge in [-0.1, -0.05) is 25.1 Å². The number of carbonyl (C=O) groups is 1. The van der Waals surface area contributed by atoms with Crippen LogP contribution in [0.4, 0.5) is 0 Å². The second-order valence-corrected chi connectivity index (χ2v) is 8.88. The van der Waals surface area contributed by atoms with Crippen LogP contribution in [0.2, 0.25) is 0 Å². The molecule has 1 amide bonds. The summed E-state index contributed by atoms with van der Waals surface area (Å²) < 4.78 is 16.5. The molecule has 1 N–H and O–H groups in total. The Kier molecular flexibility index (Phi) is 6.54. The first-order valence-corrected chi connectivity index (χ1v) is 11.7. The van der Waals surface area contributed by atoms with Gasteiger partial charge in [-0.25, -0.2) is 0 Å². The molecule has 172 valence electrons. The van der Waals surface area contributed by atoms with Crippen LogP contribution in [-0.2, 0) is 10.5 Å². The smallest absolute Gasteiger partial charge is 0.231 e. The Labute approximate surface area is 197 Å². The maximum absolute atomic E-state index is 13.3. The van der Waals surface area contributed by atoms with Crippen molar-refractivity contribution in [3.8, 4) is 23.3 Å². The van der Waals surface area contributed by atoms with E-state index in [0.29, 0.717) is 40.0 Å². The standard InChI is InChI=1S/C25H26N2O5S/c1-4-10-32-21-9-8-16(11-22(21)31-3)19-13-23(28)27-24(20(19)14-26)33-15-25(27,29)17-6-5-7-18(12-17)30-2/h5-9,11-12,19,29H,4,10,13,15H2,1-3H3/t19-,25-/m1/s1. The van der Waals surface area contributed by atoms with Gasteiger partial charge in [-0.05, 0) is 36.2 Å². The lowest BCUT2D eigenvalue weighted by Crippen LogP contribution is -2.48. The van der Waals surface area contributed by atoms with Crippen molar-refractivity contribution in [2.24, 2.45) is 0 Å². The Bertz CT molecular complexity index is 1140. The van der Waals surface area contributed by atoms with Crippen LogP contribution in [-0.4, -0.2) is 42.5 Å². The first-order valence-electron chi connectivity index (χ1n) is 10.7. The molecule has 0 unspecified atom stereocenters. The van der Waals surface area contributed by atoms with Gasteiger partial charge in [0.1, 0.15) is 5.75 Å². The van der Waals surface area contributed by atoms with Crippen molar-refractivity contribution in [1.82, 2.24) is 4.90 Å². The van der Waals surface area contributed by atoms with Crippen molar-refractivity contribution in [2.75, 3.05) is 26.6 Å². The second-order valence-electron chi connectivity index (χ2n) is 7.91. The summed E-state index contributed by atoms with van der Waals surface area (Å²) in [4.78, 5) is 14.7. The number of nitrogens with zero attached hydrogens (tertiary/aromatic N) is 2. The van der Waals surface area contributed by atoms with Crippen LogP contribution in [0.1, 0.15) is 36.8 Å². The molecule has 0 aliphatic carbocycles. The highest BCUT2D eigenvalue weighted by Gasteiger charge is 2.52. The Morgan fingerprint density at radius 3 is 2.73 bits per heavy atom. The molecule has 33 heavy (non-hydrogen) atoms. The first kappa shape index (κ1) is 23.0. The molecule has 2 aliphatic rings. The minimum Gasteiger partial charge on any atom is -0.497 e. The second kappa shape index (κ2) is 9.38. The minimum absolute atomic E-state index is 0.0670. The average Bonchev–Trinajstić information content (AvgIpc) is 3.21. The van der Waals surface area contributed by atoms with Gasteiger partial charge >= 0.3 is 0 Å². The zero-order valence-electron chi connectivity index (χ0n) is 18.8. The van der Waals surface area contributed by atoms with Gasteiger partial charge < -0.3 is 19.3 Å². The van der Waals surface area contributed by atoms with Gasteiger partial charge in [-0.3, -0.25) is 9.69 Å². The molecule has 0 aromatic heterocycles. The quantitative estimate of drug-likeness (QED) is 0.656. The Hall–Kier alpha value is -3.15. The van der Waals surface area contributed by atoms with Crippen molar-refractivity contribution >= 4 is 17.7 Å². The number of carbonyl (C=O) groups excluding carboxylic acids is 1. The summed E-state index contributed by atoms with van der Waals surface area (Å²) in [5, 5.41) is 22.1. The number of hydrogen-bond donors (Lipinski definition) is 1. The summed E-state index contributed by atoms with van der Waals surface area (Å²) in [6.07, 6.45) is 0.938. The van der Waals surface area contributed by atoms with Crippen LogP contribution in [0.3, 0.4) is 0 Å². The van der Waals surface area contributed by atoms with Gasteiger partial charge in [0.2, 0.25) is 5.91 Å². The number of aliphatic hydroxyl groups is 1. The van der Waals surface area contributed by atoms with Crippen LogP contribution >= 0.6 is 11.8 Å². The largest absolute Gasteiger partial charge is 0.497 e. The zero-order valence-corrected chi connectivity index (χ0v) is 19.6. The van der Waals surface area contributed by atoms with Crippen molar-refractivity contribution < 1.29 is 24.1 Å². The Balaban J connectivity index is 1.74. The number of rotatable bonds is 7. The van der Waals surface area contributed by atoms with Gasteiger partial charge in [0, 0.05) is 17.9 Å². The van der Waals surface area contributed by atoms with Crippen molar-refractivity contribution in [1.29, 1.82) is 5.26 Å². The molecule has 0 spiro atoms. The molecule has 2 aromatic carbocycles. The van der Waals surface area contributed by atoms with Crippen LogP contribution in [0.25, 0.3) is 0 Å². The van der Waals surface area contributed by atoms with Crippen molar-refractivity contribution in [3.05, 3.63) is 64.2 Å². The Morgan fingerprint density at radius 1 is 1.21 bits per heavy atom. The van der Waals surface area contributed by atoms with E-state index in [1.54, 1.807) is 38.5 Å². The van der Waals surface area contributed by atoms with E-state index < -0.39 is 11.6 Å².